The van der Waals surface area contributed by atoms with E-state index in [9.17, 15) is 14.4 Å². The van der Waals surface area contributed by atoms with Gasteiger partial charge in [0.05, 0.1) is 26.8 Å². The molecule has 1 aliphatic rings. The lowest BCUT2D eigenvalue weighted by Crippen LogP contribution is -2.26. The highest BCUT2D eigenvalue weighted by Crippen LogP contribution is 2.18. The second-order valence-electron chi connectivity index (χ2n) is 4.04. The van der Waals surface area contributed by atoms with Crippen molar-refractivity contribution >= 4 is 12.1 Å². The van der Waals surface area contributed by atoms with Crippen LogP contribution in [0.25, 0.3) is 0 Å². The van der Waals surface area contributed by atoms with E-state index in [1.807, 2.05) is 0 Å². The predicted molar refractivity (Wildman–Crippen MR) is 64.7 cm³/mol. The van der Waals surface area contributed by atoms with Gasteiger partial charge in [0.15, 0.2) is 0 Å². The van der Waals surface area contributed by atoms with E-state index in [1.54, 1.807) is 6.92 Å². The molecule has 19 heavy (non-hydrogen) atoms. The van der Waals surface area contributed by atoms with Crippen LogP contribution < -0.4 is 5.43 Å². The van der Waals surface area contributed by atoms with Crippen LogP contribution in [-0.4, -0.2) is 35.7 Å². The summed E-state index contributed by atoms with van der Waals surface area (Å²) in [6.07, 6.45) is 0.807. The molecule has 0 aromatic carbocycles. The number of carbonyl (C=O) groups is 2. The van der Waals surface area contributed by atoms with Gasteiger partial charge in [0.1, 0.15) is 5.56 Å². The number of nitrogens with zero attached hydrogens (tertiary/aromatic N) is 1. The van der Waals surface area contributed by atoms with E-state index in [1.165, 1.54) is 18.2 Å². The number of fused-ring (bicyclic) bond motifs is 1. The third-order valence-corrected chi connectivity index (χ3v) is 2.90. The van der Waals surface area contributed by atoms with Crippen molar-refractivity contribution in [1.29, 1.82) is 0 Å². The molecule has 7 heteroatoms. The molecule has 0 radical (unpaired) electrons. The minimum absolute atomic E-state index is 0.0488. The van der Waals surface area contributed by atoms with Gasteiger partial charge < -0.3 is 14.5 Å². The average molecular weight is 266 g/mol. The summed E-state index contributed by atoms with van der Waals surface area (Å²) in [5.41, 5.74) is 0.560. The number of amides is 1. The Kier molecular flexibility index (Phi) is 3.55. The topological polar surface area (TPSA) is 88.7 Å². The summed E-state index contributed by atoms with van der Waals surface area (Å²) in [5.74, 6) is -0.664. The van der Waals surface area contributed by atoms with Gasteiger partial charge in [-0.15, -0.1) is 0 Å². The zero-order valence-corrected chi connectivity index (χ0v) is 10.7. The summed E-state index contributed by atoms with van der Waals surface area (Å²) in [6, 6.07) is 0. The van der Waals surface area contributed by atoms with Gasteiger partial charge in [0.25, 0.3) is 0 Å². The van der Waals surface area contributed by atoms with Crippen LogP contribution in [0, 0.1) is 0 Å². The molecule has 7 nitrogen and oxygen atoms in total. The van der Waals surface area contributed by atoms with Crippen LogP contribution in [0.4, 0.5) is 4.79 Å². The molecule has 2 heterocycles. The van der Waals surface area contributed by atoms with E-state index < -0.39 is 17.5 Å². The molecule has 0 aliphatic carbocycles. The molecule has 2 rings (SSSR count). The first-order chi connectivity index (χ1) is 9.08. The minimum Gasteiger partial charge on any atom is -0.462 e. The van der Waals surface area contributed by atoms with Gasteiger partial charge in [-0.1, -0.05) is 0 Å². The van der Waals surface area contributed by atoms with Crippen molar-refractivity contribution < 1.29 is 19.1 Å². The molecule has 0 unspecified atom stereocenters. The summed E-state index contributed by atoms with van der Waals surface area (Å²) in [6.45, 7) is 2.26. The van der Waals surface area contributed by atoms with E-state index in [4.69, 9.17) is 4.74 Å². The molecular weight excluding hydrogens is 252 g/mol. The van der Waals surface area contributed by atoms with Crippen LogP contribution in [0.5, 0.6) is 0 Å². The van der Waals surface area contributed by atoms with Crippen LogP contribution in [-0.2, 0) is 22.6 Å². The van der Waals surface area contributed by atoms with Crippen molar-refractivity contribution in [1.82, 2.24) is 9.88 Å². The fourth-order valence-electron chi connectivity index (χ4n) is 1.98. The number of methoxy groups -OCH3 is 1. The molecule has 1 aromatic heterocycles. The molecule has 1 amide bonds. The maximum Gasteiger partial charge on any atom is 0.410 e. The zero-order chi connectivity index (χ0) is 14.0. The van der Waals surface area contributed by atoms with Crippen molar-refractivity contribution in [2.75, 3.05) is 13.7 Å². The lowest BCUT2D eigenvalue weighted by molar-refractivity contribution is 0.0524. The Labute approximate surface area is 109 Å². The van der Waals surface area contributed by atoms with E-state index in [0.717, 1.165) is 0 Å². The highest BCUT2D eigenvalue weighted by Gasteiger charge is 2.28. The number of hydrogen-bond donors (Lipinski definition) is 1. The Morgan fingerprint density at radius 2 is 2.16 bits per heavy atom. The molecule has 1 aliphatic heterocycles. The molecule has 0 saturated carbocycles. The molecule has 0 spiro atoms. The summed E-state index contributed by atoms with van der Waals surface area (Å²) in [7, 11) is 1.27. The summed E-state index contributed by atoms with van der Waals surface area (Å²) in [4.78, 5) is 39.4. The van der Waals surface area contributed by atoms with E-state index in [-0.39, 0.29) is 25.3 Å². The summed E-state index contributed by atoms with van der Waals surface area (Å²) in [5, 5.41) is 0. The van der Waals surface area contributed by atoms with Gasteiger partial charge in [-0.25, -0.2) is 9.59 Å². The monoisotopic (exact) mass is 266 g/mol. The van der Waals surface area contributed by atoms with Crippen LogP contribution >= 0.6 is 0 Å². The standard InChI is InChI=1S/C12H14N2O5/c1-3-19-11(16)7-4-13-9-6-14(12(17)18-2)5-8(9)10(7)15/h4H,3,5-6H2,1-2H3,(H,13,15). The molecule has 0 saturated heterocycles. The lowest BCUT2D eigenvalue weighted by Gasteiger charge is -2.11. The smallest absolute Gasteiger partial charge is 0.410 e. The van der Waals surface area contributed by atoms with E-state index in [2.05, 4.69) is 9.72 Å². The maximum atomic E-state index is 12.1. The van der Waals surface area contributed by atoms with Crippen molar-refractivity contribution in [2.45, 2.75) is 20.0 Å². The molecule has 102 valence electrons. The Balaban J connectivity index is 2.32. The number of H-pyrrole nitrogens is 1. The molecule has 0 atom stereocenters. The first-order valence-electron chi connectivity index (χ1n) is 5.82. The molecule has 0 bridgehead atoms. The summed E-state index contributed by atoms with van der Waals surface area (Å²) >= 11 is 0. The van der Waals surface area contributed by atoms with E-state index in [0.29, 0.717) is 11.3 Å². The number of hydrogen-bond acceptors (Lipinski definition) is 5. The normalized spacial score (nSPS) is 13.1. The molecule has 1 N–H and O–H groups in total. The van der Waals surface area contributed by atoms with Crippen molar-refractivity contribution in [2.24, 2.45) is 0 Å². The van der Waals surface area contributed by atoms with Gasteiger partial charge >= 0.3 is 12.1 Å². The van der Waals surface area contributed by atoms with Crippen molar-refractivity contribution in [3.8, 4) is 0 Å². The van der Waals surface area contributed by atoms with Gasteiger partial charge in [0, 0.05) is 17.5 Å². The Morgan fingerprint density at radius 3 is 2.79 bits per heavy atom. The van der Waals surface area contributed by atoms with Crippen LogP contribution in [0.15, 0.2) is 11.0 Å². The fourth-order valence-corrected chi connectivity index (χ4v) is 1.98. The second-order valence-corrected chi connectivity index (χ2v) is 4.04. The van der Waals surface area contributed by atoms with Gasteiger partial charge in [-0.05, 0) is 6.92 Å². The van der Waals surface area contributed by atoms with Gasteiger partial charge in [0.2, 0.25) is 5.43 Å². The van der Waals surface area contributed by atoms with Crippen molar-refractivity contribution in [3.05, 3.63) is 33.2 Å². The van der Waals surface area contributed by atoms with Crippen LogP contribution in [0.2, 0.25) is 0 Å². The Hall–Kier alpha value is -2.31. The second kappa shape index (κ2) is 5.13. The highest BCUT2D eigenvalue weighted by molar-refractivity contribution is 5.89. The predicted octanol–water partition coefficient (Wildman–Crippen LogP) is 0.634. The number of nitrogens with one attached hydrogen (secondary N) is 1. The number of aromatic nitrogens is 1. The summed E-state index contributed by atoms with van der Waals surface area (Å²) < 4.78 is 9.40. The third kappa shape index (κ3) is 2.31. The number of aromatic amines is 1. The van der Waals surface area contributed by atoms with Gasteiger partial charge in [-0.2, -0.15) is 0 Å². The number of rotatable bonds is 2. The number of ether oxygens (including phenoxy) is 2. The van der Waals surface area contributed by atoms with Gasteiger partial charge in [-0.3, -0.25) is 9.69 Å². The quantitative estimate of drug-likeness (QED) is 0.793. The Morgan fingerprint density at radius 1 is 1.42 bits per heavy atom. The number of pyridine rings is 1. The lowest BCUT2D eigenvalue weighted by atomic mass is 10.1. The maximum absolute atomic E-state index is 12.1. The largest absolute Gasteiger partial charge is 0.462 e. The van der Waals surface area contributed by atoms with E-state index >= 15 is 0 Å². The van der Waals surface area contributed by atoms with Crippen LogP contribution in [0.3, 0.4) is 0 Å². The molecular formula is C12H14N2O5. The number of esters is 1. The average Bonchev–Trinajstić information content (AvgIpc) is 2.83. The zero-order valence-electron chi connectivity index (χ0n) is 10.7. The Bertz CT molecular complexity index is 578. The molecule has 1 aromatic rings. The first-order valence-corrected chi connectivity index (χ1v) is 5.82. The number of carbonyl (C=O) groups excluding carboxylic acids is 2. The fraction of sp³-hybridized carbons (Fsp3) is 0.417. The highest BCUT2D eigenvalue weighted by atomic mass is 16.5. The molecule has 0 fully saturated rings. The van der Waals surface area contributed by atoms with Crippen molar-refractivity contribution in [3.63, 3.8) is 0 Å². The van der Waals surface area contributed by atoms with Crippen LogP contribution in [0.1, 0.15) is 28.5 Å². The SMILES string of the molecule is CCOC(=O)c1c[nH]c2c(c1=O)CN(C(=O)OC)C2. The minimum atomic E-state index is -0.664. The first kappa shape index (κ1) is 13.1. The third-order valence-electron chi connectivity index (χ3n) is 2.90.